The largest absolute Gasteiger partial charge is 0.378 e. The normalized spacial score (nSPS) is 24.1. The molecule has 5 heteroatoms. The van der Waals surface area contributed by atoms with Crippen LogP contribution >= 0.6 is 0 Å². The third kappa shape index (κ3) is 7.53. The van der Waals surface area contributed by atoms with E-state index >= 15 is 0 Å². The molecule has 23 heavy (non-hydrogen) atoms. The number of rotatable bonds is 8. The monoisotopic (exact) mass is 324 g/mol. The molecule has 0 aromatic carbocycles. The minimum atomic E-state index is 0.519. The molecule has 2 fully saturated rings. The van der Waals surface area contributed by atoms with E-state index in [0.717, 1.165) is 38.6 Å². The van der Waals surface area contributed by atoms with Crippen LogP contribution in [0.3, 0.4) is 0 Å². The second-order valence-electron chi connectivity index (χ2n) is 7.05. The lowest BCUT2D eigenvalue weighted by atomic mass is 9.98. The fraction of sp³-hybridized carbons (Fsp3) is 0.944. The molecular weight excluding hydrogens is 288 g/mol. The fourth-order valence-corrected chi connectivity index (χ4v) is 3.50. The molecular formula is C18H36N4O. The first kappa shape index (κ1) is 18.5. The molecule has 2 aliphatic rings. The van der Waals surface area contributed by atoms with Crippen LogP contribution in [0, 0.1) is 5.92 Å². The first-order valence-electron chi connectivity index (χ1n) is 9.60. The Morgan fingerprint density at radius 3 is 2.70 bits per heavy atom. The molecule has 0 aromatic heterocycles. The molecule has 0 amide bonds. The Kier molecular flexibility index (Phi) is 8.76. The van der Waals surface area contributed by atoms with Gasteiger partial charge in [-0.15, -0.1) is 0 Å². The van der Waals surface area contributed by atoms with E-state index in [1.165, 1.54) is 51.6 Å². The van der Waals surface area contributed by atoms with Gasteiger partial charge in [-0.05, 0) is 52.1 Å². The van der Waals surface area contributed by atoms with Crippen molar-refractivity contribution in [2.75, 3.05) is 46.4 Å². The second-order valence-corrected chi connectivity index (χ2v) is 7.05. The highest BCUT2D eigenvalue weighted by atomic mass is 16.5. The van der Waals surface area contributed by atoms with E-state index in [1.54, 1.807) is 0 Å². The highest BCUT2D eigenvalue weighted by Gasteiger charge is 2.18. The number of aliphatic imine (C=N–C) groups is 1. The molecule has 2 rings (SSSR count). The lowest BCUT2D eigenvalue weighted by molar-refractivity contribution is 0.0277. The Morgan fingerprint density at radius 1 is 1.17 bits per heavy atom. The summed E-state index contributed by atoms with van der Waals surface area (Å²) in [6.07, 6.45) is 9.43. The van der Waals surface area contributed by atoms with Gasteiger partial charge in [0.15, 0.2) is 5.96 Å². The van der Waals surface area contributed by atoms with Crippen molar-refractivity contribution < 1.29 is 4.74 Å². The summed E-state index contributed by atoms with van der Waals surface area (Å²) < 4.78 is 5.97. The van der Waals surface area contributed by atoms with Gasteiger partial charge in [0.2, 0.25) is 0 Å². The molecule has 0 radical (unpaired) electrons. The molecule has 1 aliphatic carbocycles. The molecule has 2 N–H and O–H groups in total. The van der Waals surface area contributed by atoms with Crippen molar-refractivity contribution in [2.45, 2.75) is 58.0 Å². The summed E-state index contributed by atoms with van der Waals surface area (Å²) in [5.41, 5.74) is 0. The zero-order chi connectivity index (χ0) is 16.3. The Morgan fingerprint density at radius 2 is 2.00 bits per heavy atom. The first-order chi connectivity index (χ1) is 11.3. The van der Waals surface area contributed by atoms with E-state index in [1.807, 2.05) is 0 Å². The fourth-order valence-electron chi connectivity index (χ4n) is 3.50. The molecule has 1 heterocycles. The van der Waals surface area contributed by atoms with Crippen LogP contribution in [0.1, 0.15) is 51.9 Å². The number of guanidine groups is 1. The summed E-state index contributed by atoms with van der Waals surface area (Å²) in [5.74, 6) is 1.67. The summed E-state index contributed by atoms with van der Waals surface area (Å²) in [6, 6.07) is 0. The third-order valence-electron chi connectivity index (χ3n) is 4.86. The van der Waals surface area contributed by atoms with E-state index in [2.05, 4.69) is 29.5 Å². The quantitative estimate of drug-likeness (QED) is 0.408. The summed E-state index contributed by atoms with van der Waals surface area (Å²) in [7, 11) is 2.19. The van der Waals surface area contributed by atoms with Crippen LogP contribution in [-0.2, 0) is 4.74 Å². The van der Waals surface area contributed by atoms with E-state index in [9.17, 15) is 0 Å². The number of nitrogens with one attached hydrogen (secondary N) is 2. The highest BCUT2D eigenvalue weighted by Crippen LogP contribution is 2.20. The molecule has 1 saturated carbocycles. The van der Waals surface area contributed by atoms with Gasteiger partial charge in [0.1, 0.15) is 0 Å². The van der Waals surface area contributed by atoms with Crippen molar-refractivity contribution in [3.8, 4) is 0 Å². The summed E-state index contributed by atoms with van der Waals surface area (Å²) in [4.78, 5) is 7.14. The van der Waals surface area contributed by atoms with E-state index in [0.29, 0.717) is 12.0 Å². The lowest BCUT2D eigenvalue weighted by Crippen LogP contribution is -2.38. The molecule has 1 atom stereocenters. The summed E-state index contributed by atoms with van der Waals surface area (Å²) in [6.45, 7) is 8.15. The molecule has 0 aromatic rings. The minimum absolute atomic E-state index is 0.519. The van der Waals surface area contributed by atoms with Gasteiger partial charge in [0, 0.05) is 32.8 Å². The Bertz CT molecular complexity index is 342. The van der Waals surface area contributed by atoms with Crippen LogP contribution in [-0.4, -0.2) is 63.3 Å². The Labute approximate surface area is 142 Å². The van der Waals surface area contributed by atoms with Crippen molar-refractivity contribution in [3.63, 3.8) is 0 Å². The second kappa shape index (κ2) is 10.9. The van der Waals surface area contributed by atoms with Gasteiger partial charge in [-0.2, -0.15) is 0 Å². The van der Waals surface area contributed by atoms with Crippen LogP contribution in [0.5, 0.6) is 0 Å². The maximum absolute atomic E-state index is 5.97. The van der Waals surface area contributed by atoms with Gasteiger partial charge in [-0.3, -0.25) is 4.99 Å². The predicted octanol–water partition coefficient (Wildman–Crippen LogP) is 2.23. The molecule has 0 spiro atoms. The average molecular weight is 325 g/mol. The lowest BCUT2D eigenvalue weighted by Gasteiger charge is -2.22. The molecule has 1 aliphatic heterocycles. The van der Waals surface area contributed by atoms with E-state index in [-0.39, 0.29) is 0 Å². The number of ether oxygens (including phenoxy) is 1. The van der Waals surface area contributed by atoms with Gasteiger partial charge >= 0.3 is 0 Å². The molecule has 1 unspecified atom stereocenters. The predicted molar refractivity (Wildman–Crippen MR) is 97.0 cm³/mol. The molecule has 134 valence electrons. The van der Waals surface area contributed by atoms with Gasteiger partial charge in [-0.1, -0.05) is 19.3 Å². The number of hydrogen-bond acceptors (Lipinski definition) is 3. The smallest absolute Gasteiger partial charge is 0.191 e. The SMILES string of the molecule is CCNC(=NCC1CCN(C)C1)NCCCOC1CCCCC1. The van der Waals surface area contributed by atoms with Crippen LogP contribution < -0.4 is 10.6 Å². The van der Waals surface area contributed by atoms with Crippen LogP contribution in [0.15, 0.2) is 4.99 Å². The maximum atomic E-state index is 5.97. The molecule has 1 saturated heterocycles. The van der Waals surface area contributed by atoms with Gasteiger partial charge in [0.05, 0.1) is 6.10 Å². The van der Waals surface area contributed by atoms with Crippen molar-refractivity contribution in [1.82, 2.24) is 15.5 Å². The maximum Gasteiger partial charge on any atom is 0.191 e. The van der Waals surface area contributed by atoms with Gasteiger partial charge in [0.25, 0.3) is 0 Å². The van der Waals surface area contributed by atoms with Crippen LogP contribution in [0.4, 0.5) is 0 Å². The first-order valence-corrected chi connectivity index (χ1v) is 9.60. The Balaban J connectivity index is 1.57. The summed E-state index contributed by atoms with van der Waals surface area (Å²) in [5, 5.41) is 6.78. The van der Waals surface area contributed by atoms with E-state index in [4.69, 9.17) is 9.73 Å². The van der Waals surface area contributed by atoms with Crippen molar-refractivity contribution in [3.05, 3.63) is 0 Å². The number of likely N-dealkylation sites (tertiary alicyclic amines) is 1. The third-order valence-corrected chi connectivity index (χ3v) is 4.86. The highest BCUT2D eigenvalue weighted by molar-refractivity contribution is 5.79. The molecule has 5 nitrogen and oxygen atoms in total. The summed E-state index contributed by atoms with van der Waals surface area (Å²) >= 11 is 0. The zero-order valence-electron chi connectivity index (χ0n) is 15.1. The molecule has 0 bridgehead atoms. The minimum Gasteiger partial charge on any atom is -0.378 e. The number of hydrogen-bond donors (Lipinski definition) is 2. The topological polar surface area (TPSA) is 48.9 Å². The van der Waals surface area contributed by atoms with Gasteiger partial charge < -0.3 is 20.3 Å². The van der Waals surface area contributed by atoms with Crippen molar-refractivity contribution >= 4 is 5.96 Å². The number of nitrogens with zero attached hydrogens (tertiary/aromatic N) is 2. The van der Waals surface area contributed by atoms with Crippen molar-refractivity contribution in [2.24, 2.45) is 10.9 Å². The average Bonchev–Trinajstić information content (AvgIpc) is 2.98. The van der Waals surface area contributed by atoms with Crippen LogP contribution in [0.2, 0.25) is 0 Å². The van der Waals surface area contributed by atoms with Crippen molar-refractivity contribution in [1.29, 1.82) is 0 Å². The van der Waals surface area contributed by atoms with Crippen LogP contribution in [0.25, 0.3) is 0 Å². The Hall–Kier alpha value is -0.810. The zero-order valence-corrected chi connectivity index (χ0v) is 15.1. The van der Waals surface area contributed by atoms with E-state index < -0.39 is 0 Å². The van der Waals surface area contributed by atoms with Gasteiger partial charge in [-0.25, -0.2) is 0 Å². The standard InChI is InChI=1S/C18H36N4O/c1-3-19-18(21-14-16-10-12-22(2)15-16)20-11-7-13-23-17-8-5-4-6-9-17/h16-17H,3-15H2,1-2H3,(H2,19,20,21).